The molecule has 156 valence electrons. The fraction of sp³-hybridized carbons (Fsp3) is 0.400. The number of hydrogen-bond acceptors (Lipinski definition) is 4. The molecule has 2 aromatic carbocycles. The molecule has 10 heteroatoms. The third kappa shape index (κ3) is 4.85. The van der Waals surface area contributed by atoms with Gasteiger partial charge in [0.1, 0.15) is 0 Å². The molecule has 4 nitrogen and oxygen atoms in total. The van der Waals surface area contributed by atoms with E-state index >= 15 is 0 Å². The first-order chi connectivity index (χ1) is 14.3. The Morgan fingerprint density at radius 2 is 0.667 bits per heavy atom. The molecule has 0 spiro atoms. The fourth-order valence-electron chi connectivity index (χ4n) is 4.76. The third-order valence-corrected chi connectivity index (χ3v) is 22.9. The Kier molecular flexibility index (Phi) is 8.52. The molecule has 0 aromatic heterocycles. The zero-order chi connectivity index (χ0) is 22.0. The van der Waals surface area contributed by atoms with Crippen molar-refractivity contribution in [3.63, 3.8) is 0 Å². The first-order valence-corrected chi connectivity index (χ1v) is 16.8. The average Bonchev–Trinajstić information content (AvgIpc) is 2.72. The van der Waals surface area contributed by atoms with E-state index in [1.54, 1.807) is 8.70 Å². The van der Waals surface area contributed by atoms with Crippen molar-refractivity contribution >= 4 is 59.0 Å². The van der Waals surface area contributed by atoms with Gasteiger partial charge in [-0.15, -0.1) is 0 Å². The summed E-state index contributed by atoms with van der Waals surface area (Å²) in [6.45, 7) is 0. The van der Waals surface area contributed by atoms with Gasteiger partial charge in [-0.05, 0) is 0 Å². The van der Waals surface area contributed by atoms with Crippen molar-refractivity contribution in [2.24, 2.45) is 0 Å². The van der Waals surface area contributed by atoms with Crippen LogP contribution in [0, 0.1) is 0 Å². The van der Waals surface area contributed by atoms with Crippen LogP contribution >= 0.6 is 0 Å². The van der Waals surface area contributed by atoms with Crippen molar-refractivity contribution < 1.29 is 0 Å². The van der Waals surface area contributed by atoms with Crippen LogP contribution in [0.3, 0.4) is 0 Å². The van der Waals surface area contributed by atoms with E-state index in [4.69, 9.17) is 0 Å². The molecule has 0 unspecified atom stereocenters. The van der Waals surface area contributed by atoms with Gasteiger partial charge in [0.05, 0.1) is 0 Å². The molecule has 1 heterocycles. The standard InChI is InChI=1S/C20H34As2B4N4/c1-27(2)23-21(19-15-11-9-12-16-19)25(29(5)6)26(30(7)8)22(24(23)28(3)4)20-17-13-10-14-18-20/h9-18H,1-8H3. The summed E-state index contributed by atoms with van der Waals surface area (Å²) in [5.74, 6) is 0. The van der Waals surface area contributed by atoms with Gasteiger partial charge in [0.2, 0.25) is 0 Å². The predicted octanol–water partition coefficient (Wildman–Crippen LogP) is -0.513. The van der Waals surface area contributed by atoms with Crippen LogP contribution in [0.1, 0.15) is 0 Å². The van der Waals surface area contributed by atoms with Crippen molar-refractivity contribution in [1.29, 1.82) is 0 Å². The molecule has 3 rings (SSSR count). The van der Waals surface area contributed by atoms with Crippen molar-refractivity contribution in [3.8, 4) is 0 Å². The minimum atomic E-state index is -1.51. The zero-order valence-corrected chi connectivity index (χ0v) is 23.5. The van der Waals surface area contributed by atoms with E-state index in [0.717, 1.165) is 0 Å². The first kappa shape index (κ1) is 24.3. The summed E-state index contributed by atoms with van der Waals surface area (Å²) >= 11 is -3.02. The predicted molar refractivity (Wildman–Crippen MR) is 141 cm³/mol. The van der Waals surface area contributed by atoms with E-state index in [0.29, 0.717) is 21.7 Å². The van der Waals surface area contributed by atoms with E-state index < -0.39 is 28.6 Å². The summed E-state index contributed by atoms with van der Waals surface area (Å²) in [5, 5.41) is 0. The van der Waals surface area contributed by atoms with Crippen molar-refractivity contribution in [1.82, 2.24) is 19.2 Å². The Hall–Kier alpha value is -0.343. The van der Waals surface area contributed by atoms with Gasteiger partial charge < -0.3 is 0 Å². The molecular formula is C20H34As2B4N4. The number of nitrogens with zero attached hydrogens (tertiary/aromatic N) is 4. The average molecular weight is 524 g/mol. The van der Waals surface area contributed by atoms with Crippen molar-refractivity contribution in [2.45, 2.75) is 0 Å². The maximum atomic E-state index is 2.56. The van der Waals surface area contributed by atoms with E-state index in [9.17, 15) is 0 Å². The molecule has 0 saturated carbocycles. The molecule has 0 amide bonds. The van der Waals surface area contributed by atoms with Gasteiger partial charge in [0.15, 0.2) is 0 Å². The molecule has 1 aliphatic heterocycles. The monoisotopic (exact) mass is 524 g/mol. The normalized spacial score (nSPS) is 20.3. The van der Waals surface area contributed by atoms with E-state index in [-0.39, 0.29) is 0 Å². The molecule has 0 radical (unpaired) electrons. The number of hydrogen-bond donors (Lipinski definition) is 0. The summed E-state index contributed by atoms with van der Waals surface area (Å²) < 4.78 is 3.20. The van der Waals surface area contributed by atoms with Crippen LogP contribution in [0.4, 0.5) is 0 Å². The Labute approximate surface area is 194 Å². The molecule has 2 aromatic rings. The molecular weight excluding hydrogens is 489 g/mol. The van der Waals surface area contributed by atoms with Gasteiger partial charge in [0, 0.05) is 0 Å². The van der Waals surface area contributed by atoms with Crippen LogP contribution in [-0.2, 0) is 0 Å². The SMILES string of the molecule is CN(C)B1B(N(C)C)[As](c2ccccc2)B(N(C)C)B(N(C)C)[As]1c1ccccc1. The van der Waals surface area contributed by atoms with Crippen LogP contribution in [0.25, 0.3) is 0 Å². The Morgan fingerprint density at radius 1 is 0.433 bits per heavy atom. The van der Waals surface area contributed by atoms with Crippen LogP contribution in [0.2, 0.25) is 0 Å². The quantitative estimate of drug-likeness (QED) is 0.473. The van der Waals surface area contributed by atoms with Crippen LogP contribution in [0.15, 0.2) is 60.7 Å². The second-order valence-electron chi connectivity index (χ2n) is 8.99. The van der Waals surface area contributed by atoms with E-state index in [1.807, 2.05) is 0 Å². The maximum absolute atomic E-state index is 2.56. The summed E-state index contributed by atoms with van der Waals surface area (Å²) in [7, 11) is 18.5. The van der Waals surface area contributed by atoms with Gasteiger partial charge in [-0.1, -0.05) is 0 Å². The van der Waals surface area contributed by atoms with Crippen molar-refractivity contribution in [3.05, 3.63) is 60.7 Å². The molecule has 1 saturated heterocycles. The molecule has 1 aliphatic rings. The van der Waals surface area contributed by atoms with E-state index in [1.165, 1.54) is 0 Å². The van der Waals surface area contributed by atoms with Gasteiger partial charge >= 0.3 is 195 Å². The molecule has 0 N–H and O–H groups in total. The summed E-state index contributed by atoms with van der Waals surface area (Å²) in [4.78, 5) is 10.2. The van der Waals surface area contributed by atoms with Crippen molar-refractivity contribution in [2.75, 3.05) is 56.4 Å². The van der Waals surface area contributed by atoms with E-state index in [2.05, 4.69) is 136 Å². The summed E-state index contributed by atoms with van der Waals surface area (Å²) in [6.07, 6.45) is 0. The molecule has 30 heavy (non-hydrogen) atoms. The van der Waals surface area contributed by atoms with Gasteiger partial charge in [0.25, 0.3) is 0 Å². The number of benzene rings is 2. The van der Waals surface area contributed by atoms with Gasteiger partial charge in [-0.25, -0.2) is 0 Å². The van der Waals surface area contributed by atoms with Gasteiger partial charge in [-0.2, -0.15) is 0 Å². The Morgan fingerprint density at radius 3 is 0.867 bits per heavy atom. The Bertz CT molecular complexity index is 702. The zero-order valence-electron chi connectivity index (χ0n) is 19.8. The summed E-state index contributed by atoms with van der Waals surface area (Å²) in [5.41, 5.74) is 2.38. The molecule has 0 atom stereocenters. The third-order valence-electron chi connectivity index (χ3n) is 5.90. The summed E-state index contributed by atoms with van der Waals surface area (Å²) in [6, 6.07) is 22.9. The second-order valence-corrected chi connectivity index (χ2v) is 19.0. The number of rotatable bonds is 6. The topological polar surface area (TPSA) is 13.0 Å². The molecule has 0 aliphatic carbocycles. The second kappa shape index (κ2) is 10.5. The van der Waals surface area contributed by atoms with Crippen LogP contribution in [0.5, 0.6) is 0 Å². The van der Waals surface area contributed by atoms with Crippen LogP contribution in [-0.4, -0.2) is 126 Å². The molecule has 0 bridgehead atoms. The van der Waals surface area contributed by atoms with Crippen LogP contribution < -0.4 is 8.70 Å². The molecule has 1 fully saturated rings. The first-order valence-electron chi connectivity index (χ1n) is 10.6. The van der Waals surface area contributed by atoms with Gasteiger partial charge in [-0.3, -0.25) is 0 Å². The minimum absolute atomic E-state index is 0.596. The fourth-order valence-corrected chi connectivity index (χ4v) is 25.9. The Balaban J connectivity index is 2.27.